The van der Waals surface area contributed by atoms with Crippen molar-refractivity contribution in [3.8, 4) is 11.5 Å². The minimum absolute atomic E-state index is 0.000229. The van der Waals surface area contributed by atoms with Crippen molar-refractivity contribution in [3.05, 3.63) is 139 Å². The van der Waals surface area contributed by atoms with E-state index in [0.29, 0.717) is 44.7 Å². The van der Waals surface area contributed by atoms with Gasteiger partial charge in [-0.15, -0.1) is 0 Å². The van der Waals surface area contributed by atoms with Gasteiger partial charge >= 0.3 is 0 Å². The fraction of sp³-hybridized carbons (Fsp3) is 0.125. The molecule has 1 aromatic heterocycles. The Kier molecular flexibility index (Phi) is 6.96. The summed E-state index contributed by atoms with van der Waals surface area (Å²) in [5.41, 5.74) is 2.64. The lowest BCUT2D eigenvalue weighted by Crippen LogP contribution is -2.29. The van der Waals surface area contributed by atoms with Crippen LogP contribution in [-0.2, 0) is 13.2 Å². The molecule has 5 aromatic rings. The molecule has 1 amide bonds. The van der Waals surface area contributed by atoms with Crippen LogP contribution in [0.25, 0.3) is 11.0 Å². The zero-order valence-electron chi connectivity index (χ0n) is 21.4. The van der Waals surface area contributed by atoms with E-state index in [2.05, 4.69) is 0 Å². The SMILES string of the molecule is COc1cc(C2c3c(oc4ccc(Cl)cc4c3=O)C(=O)N2Cc2ccccc2Cl)ccc1OCc1ccccc1. The van der Waals surface area contributed by atoms with E-state index < -0.39 is 11.9 Å². The first-order chi connectivity index (χ1) is 19.4. The third kappa shape index (κ3) is 4.70. The quantitative estimate of drug-likeness (QED) is 0.203. The van der Waals surface area contributed by atoms with Crippen LogP contribution < -0.4 is 14.9 Å². The summed E-state index contributed by atoms with van der Waals surface area (Å²) < 4.78 is 17.7. The molecule has 2 heterocycles. The molecule has 40 heavy (non-hydrogen) atoms. The number of methoxy groups -OCH3 is 1. The van der Waals surface area contributed by atoms with Crippen LogP contribution in [0.5, 0.6) is 11.5 Å². The largest absolute Gasteiger partial charge is 0.493 e. The Morgan fingerprint density at radius 1 is 0.875 bits per heavy atom. The van der Waals surface area contributed by atoms with Gasteiger partial charge in [0.05, 0.1) is 24.1 Å². The van der Waals surface area contributed by atoms with Crippen molar-refractivity contribution in [3.63, 3.8) is 0 Å². The summed E-state index contributed by atoms with van der Waals surface area (Å²) in [6, 6.07) is 26.5. The molecule has 0 spiro atoms. The number of ether oxygens (including phenoxy) is 2. The van der Waals surface area contributed by atoms with Gasteiger partial charge in [0.1, 0.15) is 12.2 Å². The van der Waals surface area contributed by atoms with E-state index in [1.807, 2.05) is 54.6 Å². The molecule has 0 saturated carbocycles. The van der Waals surface area contributed by atoms with E-state index >= 15 is 0 Å². The smallest absolute Gasteiger partial charge is 0.291 e. The fourth-order valence-corrected chi connectivity index (χ4v) is 5.39. The number of hydrogen-bond donors (Lipinski definition) is 0. The van der Waals surface area contributed by atoms with Gasteiger partial charge in [-0.25, -0.2) is 0 Å². The Hall–Kier alpha value is -4.26. The number of benzene rings is 4. The Bertz CT molecular complexity index is 1800. The Morgan fingerprint density at radius 3 is 2.42 bits per heavy atom. The summed E-state index contributed by atoms with van der Waals surface area (Å²) in [4.78, 5) is 29.3. The second kappa shape index (κ2) is 10.7. The second-order valence-electron chi connectivity index (χ2n) is 9.43. The predicted octanol–water partition coefficient (Wildman–Crippen LogP) is 7.43. The molecule has 6 rings (SSSR count). The number of carbonyl (C=O) groups excluding carboxylic acids is 1. The molecule has 6 nitrogen and oxygen atoms in total. The van der Waals surface area contributed by atoms with Crippen LogP contribution >= 0.6 is 23.2 Å². The lowest BCUT2D eigenvalue weighted by molar-refractivity contribution is 0.0714. The molecule has 0 saturated heterocycles. The first-order valence-corrected chi connectivity index (χ1v) is 13.4. The molecule has 0 fully saturated rings. The molecule has 0 aliphatic carbocycles. The molecule has 8 heteroatoms. The summed E-state index contributed by atoms with van der Waals surface area (Å²) in [6.45, 7) is 0.523. The Labute approximate surface area is 240 Å². The van der Waals surface area contributed by atoms with E-state index in [1.165, 1.54) is 0 Å². The number of fused-ring (bicyclic) bond motifs is 2. The van der Waals surface area contributed by atoms with Crippen molar-refractivity contribution < 1.29 is 18.7 Å². The number of amides is 1. The highest BCUT2D eigenvalue weighted by Gasteiger charge is 2.43. The standard InChI is InChI=1S/C32H23Cl2NO5/c1-38-27-15-20(11-13-26(27)39-18-19-7-3-2-4-8-19)29-28-30(36)23-16-22(33)12-14-25(23)40-31(28)32(37)35(29)17-21-9-5-6-10-24(21)34/h2-16,29H,17-18H2,1H3. The third-order valence-corrected chi connectivity index (χ3v) is 7.57. The molecule has 200 valence electrons. The maximum Gasteiger partial charge on any atom is 0.291 e. The number of halogens is 2. The van der Waals surface area contributed by atoms with E-state index in [0.717, 1.165) is 11.1 Å². The zero-order chi connectivity index (χ0) is 27.8. The number of carbonyl (C=O) groups is 1. The topological polar surface area (TPSA) is 69.0 Å². The van der Waals surface area contributed by atoms with Gasteiger partial charge in [-0.05, 0) is 53.1 Å². The molecular formula is C32H23Cl2NO5. The van der Waals surface area contributed by atoms with Crippen molar-refractivity contribution in [1.82, 2.24) is 4.90 Å². The van der Waals surface area contributed by atoms with Crippen molar-refractivity contribution in [2.45, 2.75) is 19.2 Å². The Balaban J connectivity index is 1.46. The number of hydrogen-bond acceptors (Lipinski definition) is 5. The second-order valence-corrected chi connectivity index (χ2v) is 10.3. The molecule has 1 atom stereocenters. The van der Waals surface area contributed by atoms with Gasteiger partial charge < -0.3 is 18.8 Å². The van der Waals surface area contributed by atoms with Gasteiger partial charge in [-0.1, -0.05) is 77.8 Å². The molecule has 0 N–H and O–H groups in total. The summed E-state index contributed by atoms with van der Waals surface area (Å²) in [5.74, 6) is 0.604. The first-order valence-electron chi connectivity index (χ1n) is 12.6. The number of rotatable bonds is 7. The zero-order valence-corrected chi connectivity index (χ0v) is 22.9. The average Bonchev–Trinajstić information content (AvgIpc) is 3.25. The molecule has 0 bridgehead atoms. The highest BCUT2D eigenvalue weighted by molar-refractivity contribution is 6.31. The van der Waals surface area contributed by atoms with Gasteiger partial charge in [-0.2, -0.15) is 0 Å². The summed E-state index contributed by atoms with van der Waals surface area (Å²) in [6.07, 6.45) is 0. The van der Waals surface area contributed by atoms with E-state index in [1.54, 1.807) is 48.4 Å². The molecule has 1 aliphatic rings. The molecule has 1 aliphatic heterocycles. The van der Waals surface area contributed by atoms with Gasteiger partial charge in [0.25, 0.3) is 5.91 Å². The van der Waals surface area contributed by atoms with Crippen molar-refractivity contribution in [2.75, 3.05) is 7.11 Å². The van der Waals surface area contributed by atoms with Crippen LogP contribution in [-0.4, -0.2) is 17.9 Å². The molecule has 1 unspecified atom stereocenters. The van der Waals surface area contributed by atoms with Crippen LogP contribution in [0.3, 0.4) is 0 Å². The molecule has 4 aromatic carbocycles. The van der Waals surface area contributed by atoms with Crippen LogP contribution in [0.4, 0.5) is 0 Å². The lowest BCUT2D eigenvalue weighted by Gasteiger charge is -2.26. The normalized spacial score (nSPS) is 14.4. The minimum atomic E-state index is -0.754. The van der Waals surface area contributed by atoms with E-state index in [9.17, 15) is 9.59 Å². The maximum absolute atomic E-state index is 13.9. The summed E-state index contributed by atoms with van der Waals surface area (Å²) in [7, 11) is 1.55. The van der Waals surface area contributed by atoms with Crippen molar-refractivity contribution in [1.29, 1.82) is 0 Å². The van der Waals surface area contributed by atoms with Gasteiger partial charge in [-0.3, -0.25) is 9.59 Å². The van der Waals surface area contributed by atoms with Gasteiger partial charge in [0.15, 0.2) is 16.9 Å². The lowest BCUT2D eigenvalue weighted by atomic mass is 9.97. The highest BCUT2D eigenvalue weighted by atomic mass is 35.5. The average molecular weight is 572 g/mol. The van der Waals surface area contributed by atoms with E-state index in [-0.39, 0.29) is 23.3 Å². The maximum atomic E-state index is 13.9. The van der Waals surface area contributed by atoms with Crippen molar-refractivity contribution >= 4 is 40.1 Å². The van der Waals surface area contributed by atoms with Crippen LogP contribution in [0.1, 0.15) is 38.9 Å². The monoisotopic (exact) mass is 571 g/mol. The number of nitrogens with zero attached hydrogens (tertiary/aromatic N) is 1. The summed E-state index contributed by atoms with van der Waals surface area (Å²) in [5, 5.41) is 1.22. The third-order valence-electron chi connectivity index (χ3n) is 6.97. The van der Waals surface area contributed by atoms with Gasteiger partial charge in [0.2, 0.25) is 5.76 Å². The van der Waals surface area contributed by atoms with E-state index in [4.69, 9.17) is 37.1 Å². The van der Waals surface area contributed by atoms with Crippen LogP contribution in [0, 0.1) is 0 Å². The molecular weight excluding hydrogens is 549 g/mol. The van der Waals surface area contributed by atoms with Crippen LogP contribution in [0.15, 0.2) is 100 Å². The van der Waals surface area contributed by atoms with Crippen molar-refractivity contribution in [2.24, 2.45) is 0 Å². The van der Waals surface area contributed by atoms with Crippen LogP contribution in [0.2, 0.25) is 10.0 Å². The minimum Gasteiger partial charge on any atom is -0.493 e. The Morgan fingerprint density at radius 2 is 1.65 bits per heavy atom. The summed E-state index contributed by atoms with van der Waals surface area (Å²) >= 11 is 12.7. The highest BCUT2D eigenvalue weighted by Crippen LogP contribution is 2.42. The predicted molar refractivity (Wildman–Crippen MR) is 154 cm³/mol. The first kappa shape index (κ1) is 26.0. The fourth-order valence-electron chi connectivity index (χ4n) is 5.02. The molecule has 0 radical (unpaired) electrons. The van der Waals surface area contributed by atoms with Gasteiger partial charge in [0, 0.05) is 16.6 Å².